The average molecular weight is 462 g/mol. The van der Waals surface area contributed by atoms with E-state index in [0.717, 1.165) is 22.3 Å². The molecule has 0 bridgehead atoms. The summed E-state index contributed by atoms with van der Waals surface area (Å²) >= 11 is 0. The quantitative estimate of drug-likeness (QED) is 0.345. The van der Waals surface area contributed by atoms with Crippen LogP contribution in [0.3, 0.4) is 0 Å². The topological polar surface area (TPSA) is 113 Å². The summed E-state index contributed by atoms with van der Waals surface area (Å²) in [7, 11) is 0. The molecule has 0 heterocycles. The lowest BCUT2D eigenvalue weighted by molar-refractivity contribution is -0.137. The lowest BCUT2D eigenvalue weighted by Gasteiger charge is -2.13. The number of unbranched alkanes of at least 4 members (excludes halogenated alkanes) is 1. The summed E-state index contributed by atoms with van der Waals surface area (Å²) < 4.78 is 5.90. The normalized spacial score (nSPS) is 10.5. The summed E-state index contributed by atoms with van der Waals surface area (Å²) in [6.07, 6.45) is 1.89. The Labute approximate surface area is 198 Å². The van der Waals surface area contributed by atoms with Gasteiger partial charge in [-0.3, -0.25) is 9.59 Å². The number of carboxylic acid groups (broad SMARTS) is 2. The van der Waals surface area contributed by atoms with E-state index in [9.17, 15) is 19.5 Å². The number of hydrogen-bond donors (Lipinski definition) is 3. The highest BCUT2D eigenvalue weighted by atomic mass is 16.5. The van der Waals surface area contributed by atoms with E-state index < -0.39 is 11.9 Å². The van der Waals surface area contributed by atoms with Crippen molar-refractivity contribution >= 4 is 17.8 Å². The number of aromatic carboxylic acids is 1. The van der Waals surface area contributed by atoms with Gasteiger partial charge in [-0.25, -0.2) is 4.79 Å². The van der Waals surface area contributed by atoms with Gasteiger partial charge in [0.2, 0.25) is 5.91 Å². The predicted octanol–water partition coefficient (Wildman–Crippen LogP) is 4.39. The minimum atomic E-state index is -1.08. The molecule has 34 heavy (non-hydrogen) atoms. The van der Waals surface area contributed by atoms with E-state index in [1.807, 2.05) is 54.6 Å². The molecule has 0 unspecified atom stereocenters. The van der Waals surface area contributed by atoms with Crippen LogP contribution in [0.5, 0.6) is 5.75 Å². The Morgan fingerprint density at radius 2 is 1.53 bits per heavy atom. The summed E-state index contributed by atoms with van der Waals surface area (Å²) in [5.74, 6) is -1.79. The van der Waals surface area contributed by atoms with Gasteiger partial charge >= 0.3 is 11.9 Å². The average Bonchev–Trinajstić information content (AvgIpc) is 2.84. The second-order valence-corrected chi connectivity index (χ2v) is 7.84. The monoisotopic (exact) mass is 461 g/mol. The van der Waals surface area contributed by atoms with Crippen LogP contribution in [-0.4, -0.2) is 41.2 Å². The van der Waals surface area contributed by atoms with Crippen LogP contribution in [0.15, 0.2) is 72.8 Å². The molecule has 3 aromatic rings. The molecule has 0 fully saturated rings. The maximum atomic E-state index is 11.6. The molecule has 1 amide bonds. The first-order valence-electron chi connectivity index (χ1n) is 11.0. The predicted molar refractivity (Wildman–Crippen MR) is 128 cm³/mol. The van der Waals surface area contributed by atoms with Crippen LogP contribution in [0.2, 0.25) is 0 Å². The van der Waals surface area contributed by atoms with Crippen molar-refractivity contribution in [2.75, 3.05) is 13.2 Å². The molecule has 0 atom stereocenters. The first-order valence-corrected chi connectivity index (χ1v) is 11.0. The van der Waals surface area contributed by atoms with E-state index in [1.165, 1.54) is 6.07 Å². The number of aliphatic carboxylic acids is 1. The van der Waals surface area contributed by atoms with Gasteiger partial charge in [-0.15, -0.1) is 0 Å². The highest BCUT2D eigenvalue weighted by Gasteiger charge is 2.11. The fourth-order valence-electron chi connectivity index (χ4n) is 3.49. The Morgan fingerprint density at radius 1 is 0.824 bits per heavy atom. The highest BCUT2D eigenvalue weighted by Crippen LogP contribution is 2.26. The number of amides is 1. The molecule has 0 aliphatic rings. The smallest absolute Gasteiger partial charge is 0.335 e. The lowest BCUT2D eigenvalue weighted by Crippen LogP contribution is -2.28. The number of rotatable bonds is 12. The summed E-state index contributed by atoms with van der Waals surface area (Å²) in [6, 6.07) is 23.0. The van der Waals surface area contributed by atoms with Gasteiger partial charge in [0.15, 0.2) is 0 Å². The SMILES string of the molecule is O=C(O)CNC(=O)CCCCOc1ccc(C(=O)O)cc1Cc1ccc(-c2ccccc2)cc1. The second-order valence-electron chi connectivity index (χ2n) is 7.84. The van der Waals surface area contributed by atoms with Crippen LogP contribution in [0.1, 0.15) is 40.7 Å². The molecule has 3 N–H and O–H groups in total. The molecule has 176 valence electrons. The third-order valence-corrected chi connectivity index (χ3v) is 5.26. The van der Waals surface area contributed by atoms with Crippen LogP contribution in [-0.2, 0) is 16.0 Å². The van der Waals surface area contributed by atoms with Crippen molar-refractivity contribution in [2.24, 2.45) is 0 Å². The number of carbonyl (C=O) groups is 3. The van der Waals surface area contributed by atoms with Gasteiger partial charge < -0.3 is 20.3 Å². The first-order chi connectivity index (χ1) is 16.4. The molecular formula is C27H27NO6. The van der Waals surface area contributed by atoms with Crippen molar-refractivity contribution in [3.05, 3.63) is 89.5 Å². The minimum absolute atomic E-state index is 0.193. The fraction of sp³-hybridized carbons (Fsp3) is 0.222. The van der Waals surface area contributed by atoms with E-state index in [1.54, 1.807) is 12.1 Å². The van der Waals surface area contributed by atoms with Gasteiger partial charge in [0, 0.05) is 12.8 Å². The van der Waals surface area contributed by atoms with E-state index in [0.29, 0.717) is 31.6 Å². The largest absolute Gasteiger partial charge is 0.493 e. The molecule has 3 rings (SSSR count). The molecule has 0 aliphatic carbocycles. The summed E-state index contributed by atoms with van der Waals surface area (Å²) in [5, 5.41) is 20.3. The van der Waals surface area contributed by atoms with Crippen molar-refractivity contribution in [3.63, 3.8) is 0 Å². The van der Waals surface area contributed by atoms with E-state index in [2.05, 4.69) is 5.32 Å². The number of carboxylic acids is 2. The Hall–Kier alpha value is -4.13. The third kappa shape index (κ3) is 7.48. The van der Waals surface area contributed by atoms with Crippen molar-refractivity contribution in [1.82, 2.24) is 5.32 Å². The Morgan fingerprint density at radius 3 is 2.21 bits per heavy atom. The van der Waals surface area contributed by atoms with Gasteiger partial charge in [-0.1, -0.05) is 54.6 Å². The van der Waals surface area contributed by atoms with Crippen molar-refractivity contribution < 1.29 is 29.3 Å². The fourth-order valence-corrected chi connectivity index (χ4v) is 3.49. The van der Waals surface area contributed by atoms with Crippen molar-refractivity contribution in [1.29, 1.82) is 0 Å². The molecule has 0 spiro atoms. The molecule has 0 aliphatic heterocycles. The van der Waals surface area contributed by atoms with Crippen molar-refractivity contribution in [3.8, 4) is 16.9 Å². The lowest BCUT2D eigenvalue weighted by atomic mass is 9.99. The molecule has 0 saturated heterocycles. The molecule has 0 radical (unpaired) electrons. The van der Waals surface area contributed by atoms with Crippen LogP contribution in [0.25, 0.3) is 11.1 Å². The van der Waals surface area contributed by atoms with Gasteiger partial charge in [-0.2, -0.15) is 0 Å². The summed E-state index contributed by atoms with van der Waals surface area (Å²) in [6.45, 7) is -0.0283. The molecule has 7 nitrogen and oxygen atoms in total. The zero-order chi connectivity index (χ0) is 24.3. The molecule has 3 aromatic carbocycles. The van der Waals surface area contributed by atoms with Crippen molar-refractivity contribution in [2.45, 2.75) is 25.7 Å². The van der Waals surface area contributed by atoms with E-state index >= 15 is 0 Å². The number of benzene rings is 3. The Kier molecular flexibility index (Phi) is 8.80. The van der Waals surface area contributed by atoms with Crippen LogP contribution >= 0.6 is 0 Å². The maximum absolute atomic E-state index is 11.6. The van der Waals surface area contributed by atoms with Gasteiger partial charge in [0.05, 0.1) is 12.2 Å². The number of nitrogens with one attached hydrogen (secondary N) is 1. The Bertz CT molecular complexity index is 1130. The Balaban J connectivity index is 1.61. The number of ether oxygens (including phenoxy) is 1. The zero-order valence-electron chi connectivity index (χ0n) is 18.7. The van der Waals surface area contributed by atoms with Gasteiger partial charge in [0.25, 0.3) is 0 Å². The molecule has 0 aromatic heterocycles. The van der Waals surface area contributed by atoms with Gasteiger partial charge in [0.1, 0.15) is 12.3 Å². The summed E-state index contributed by atoms with van der Waals surface area (Å²) in [5.41, 5.74) is 4.22. The molecule has 0 saturated carbocycles. The zero-order valence-corrected chi connectivity index (χ0v) is 18.7. The standard InChI is InChI=1S/C27H27NO6/c29-25(28-18-26(30)31)8-4-5-15-34-24-14-13-22(27(32)33)17-23(24)16-19-9-11-21(12-10-19)20-6-2-1-3-7-20/h1-3,6-7,9-14,17H,4-5,8,15-16,18H2,(H,28,29)(H,30,31)(H,32,33). The first kappa shape index (κ1) is 24.5. The number of carbonyl (C=O) groups excluding carboxylic acids is 1. The van der Waals surface area contributed by atoms with Gasteiger partial charge in [-0.05, 0) is 53.3 Å². The third-order valence-electron chi connectivity index (χ3n) is 5.26. The van der Waals surface area contributed by atoms with E-state index in [-0.39, 0.29) is 24.4 Å². The van der Waals surface area contributed by atoms with Crippen LogP contribution in [0.4, 0.5) is 0 Å². The van der Waals surface area contributed by atoms with E-state index in [4.69, 9.17) is 9.84 Å². The summed E-state index contributed by atoms with van der Waals surface area (Å²) in [4.78, 5) is 33.5. The molecule has 7 heteroatoms. The molecular weight excluding hydrogens is 434 g/mol. The maximum Gasteiger partial charge on any atom is 0.335 e. The van der Waals surface area contributed by atoms with Crippen LogP contribution in [0, 0.1) is 0 Å². The second kappa shape index (κ2) is 12.2. The highest BCUT2D eigenvalue weighted by molar-refractivity contribution is 5.88. The van der Waals surface area contributed by atoms with Crippen LogP contribution < -0.4 is 10.1 Å². The minimum Gasteiger partial charge on any atom is -0.493 e. The number of hydrogen-bond acceptors (Lipinski definition) is 4.